The Bertz CT molecular complexity index is 276. The van der Waals surface area contributed by atoms with Crippen LogP contribution in [-0.2, 0) is 0 Å². The second kappa shape index (κ2) is 2.93. The topological polar surface area (TPSA) is 43.1 Å². The molecule has 0 aliphatic rings. The maximum absolute atomic E-state index is 10.7. The summed E-state index contributed by atoms with van der Waals surface area (Å²) in [7, 11) is 0. The molecule has 1 amide bonds. The van der Waals surface area contributed by atoms with Gasteiger partial charge in [0.1, 0.15) is 0 Å². The van der Waals surface area contributed by atoms with Gasteiger partial charge in [0.2, 0.25) is 5.91 Å². The first-order chi connectivity index (χ1) is 5.09. The molecular formula is C8H8ClNO. The number of hydrogen-bond donors (Lipinski definition) is 1. The highest BCUT2D eigenvalue weighted by atomic mass is 35.5. The first-order valence-corrected chi connectivity index (χ1v) is 3.54. The molecule has 0 aliphatic heterocycles. The fourth-order valence-corrected chi connectivity index (χ4v) is 1.17. The number of carbonyl (C=O) groups excluding carboxylic acids is 1. The number of primary amides is 1. The number of benzene rings is 1. The Balaban J connectivity index is 3.19. The number of rotatable bonds is 1. The molecule has 0 fully saturated rings. The average molecular weight is 170 g/mol. The van der Waals surface area contributed by atoms with Gasteiger partial charge in [-0.25, -0.2) is 0 Å². The van der Waals surface area contributed by atoms with E-state index in [2.05, 4.69) is 0 Å². The molecule has 11 heavy (non-hydrogen) atoms. The van der Waals surface area contributed by atoms with Crippen LogP contribution in [0.2, 0.25) is 5.02 Å². The lowest BCUT2D eigenvalue weighted by Crippen LogP contribution is -2.10. The van der Waals surface area contributed by atoms with Crippen molar-refractivity contribution in [3.63, 3.8) is 0 Å². The van der Waals surface area contributed by atoms with Gasteiger partial charge in [-0.2, -0.15) is 0 Å². The Morgan fingerprint density at radius 1 is 1.45 bits per heavy atom. The first kappa shape index (κ1) is 8.08. The van der Waals surface area contributed by atoms with Gasteiger partial charge in [-0.3, -0.25) is 4.79 Å². The summed E-state index contributed by atoms with van der Waals surface area (Å²) in [6, 6.07) is 5.03. The van der Waals surface area contributed by atoms with Gasteiger partial charge >= 0.3 is 0 Å². The zero-order chi connectivity index (χ0) is 8.43. The van der Waals surface area contributed by atoms with Gasteiger partial charge in [0.15, 0.2) is 0 Å². The molecule has 0 aromatic heterocycles. The number of carbonyl (C=O) groups is 1. The van der Waals surface area contributed by atoms with Crippen LogP contribution in [0, 0.1) is 6.92 Å². The largest absolute Gasteiger partial charge is 0.366 e. The zero-order valence-corrected chi connectivity index (χ0v) is 6.85. The van der Waals surface area contributed by atoms with Gasteiger partial charge in [-0.15, -0.1) is 0 Å². The van der Waals surface area contributed by atoms with Crippen LogP contribution >= 0.6 is 11.6 Å². The van der Waals surface area contributed by atoms with Crippen LogP contribution in [0.15, 0.2) is 18.2 Å². The van der Waals surface area contributed by atoms with E-state index in [1.165, 1.54) is 0 Å². The smallest absolute Gasteiger partial charge is 0.248 e. The molecule has 0 saturated carbocycles. The molecule has 0 bridgehead atoms. The van der Waals surface area contributed by atoms with Crippen LogP contribution < -0.4 is 5.73 Å². The van der Waals surface area contributed by atoms with Gasteiger partial charge in [0.25, 0.3) is 0 Å². The summed E-state index contributed by atoms with van der Waals surface area (Å²) in [5, 5.41) is 0.541. The van der Waals surface area contributed by atoms with Crippen LogP contribution in [0.5, 0.6) is 0 Å². The Kier molecular flexibility index (Phi) is 2.15. The summed E-state index contributed by atoms with van der Waals surface area (Å²) in [6.07, 6.45) is 0. The first-order valence-electron chi connectivity index (χ1n) is 3.16. The van der Waals surface area contributed by atoms with Gasteiger partial charge in [0, 0.05) is 10.6 Å². The quantitative estimate of drug-likeness (QED) is 0.684. The summed E-state index contributed by atoms with van der Waals surface area (Å²) in [6.45, 7) is 1.86. The van der Waals surface area contributed by atoms with E-state index in [0.29, 0.717) is 10.6 Å². The number of hydrogen-bond acceptors (Lipinski definition) is 1. The molecule has 0 heterocycles. The minimum absolute atomic E-state index is 0.449. The van der Waals surface area contributed by atoms with E-state index in [-0.39, 0.29) is 0 Å². The van der Waals surface area contributed by atoms with E-state index < -0.39 is 5.91 Å². The fourth-order valence-electron chi connectivity index (χ4n) is 0.879. The molecule has 2 N–H and O–H groups in total. The van der Waals surface area contributed by atoms with Crippen molar-refractivity contribution in [2.24, 2.45) is 5.73 Å². The van der Waals surface area contributed by atoms with Crippen molar-refractivity contribution in [3.8, 4) is 0 Å². The molecule has 58 valence electrons. The summed E-state index contributed by atoms with van der Waals surface area (Å²) < 4.78 is 0. The van der Waals surface area contributed by atoms with Gasteiger partial charge < -0.3 is 5.73 Å². The lowest BCUT2D eigenvalue weighted by Gasteiger charge is -1.98. The van der Waals surface area contributed by atoms with E-state index in [4.69, 9.17) is 17.3 Å². The van der Waals surface area contributed by atoms with E-state index in [1.54, 1.807) is 18.2 Å². The Labute approximate surface area is 70.0 Å². The van der Waals surface area contributed by atoms with E-state index >= 15 is 0 Å². The second-order valence-corrected chi connectivity index (χ2v) is 2.82. The highest BCUT2D eigenvalue weighted by molar-refractivity contribution is 6.31. The van der Waals surface area contributed by atoms with Gasteiger partial charge in [-0.1, -0.05) is 11.6 Å². The standard InChI is InChI=1S/C8H8ClNO/c1-5-2-6(8(10)11)4-7(9)3-5/h2-4H,1H3,(H2,10,11). The van der Waals surface area contributed by atoms with Crippen LogP contribution in [0.3, 0.4) is 0 Å². The van der Waals surface area contributed by atoms with E-state index in [9.17, 15) is 4.79 Å². The lowest BCUT2D eigenvalue weighted by molar-refractivity contribution is 0.1000. The Morgan fingerprint density at radius 2 is 2.09 bits per heavy atom. The molecule has 0 aliphatic carbocycles. The molecule has 1 rings (SSSR count). The van der Waals surface area contributed by atoms with Gasteiger partial charge in [0.05, 0.1) is 0 Å². The van der Waals surface area contributed by atoms with Crippen molar-refractivity contribution in [2.75, 3.05) is 0 Å². The third-order valence-corrected chi connectivity index (χ3v) is 1.54. The molecule has 0 spiro atoms. The molecule has 2 nitrogen and oxygen atoms in total. The predicted octanol–water partition coefficient (Wildman–Crippen LogP) is 1.75. The predicted molar refractivity (Wildman–Crippen MR) is 44.7 cm³/mol. The lowest BCUT2D eigenvalue weighted by atomic mass is 10.1. The Morgan fingerprint density at radius 3 is 2.55 bits per heavy atom. The van der Waals surface area contributed by atoms with Gasteiger partial charge in [-0.05, 0) is 30.7 Å². The molecule has 0 radical (unpaired) electrons. The van der Waals surface area contributed by atoms with E-state index in [0.717, 1.165) is 5.56 Å². The minimum atomic E-state index is -0.449. The zero-order valence-electron chi connectivity index (χ0n) is 6.10. The fraction of sp³-hybridized carbons (Fsp3) is 0.125. The molecule has 1 aromatic rings. The number of aryl methyl sites for hydroxylation is 1. The number of nitrogens with two attached hydrogens (primary N) is 1. The number of amides is 1. The van der Waals surface area contributed by atoms with Crippen molar-refractivity contribution in [3.05, 3.63) is 34.3 Å². The van der Waals surface area contributed by atoms with Crippen molar-refractivity contribution in [1.82, 2.24) is 0 Å². The third kappa shape index (κ3) is 1.95. The summed E-state index contributed by atoms with van der Waals surface area (Å²) >= 11 is 5.69. The molecular weight excluding hydrogens is 162 g/mol. The van der Waals surface area contributed by atoms with Crippen molar-refractivity contribution < 1.29 is 4.79 Å². The third-order valence-electron chi connectivity index (χ3n) is 1.33. The normalized spacial score (nSPS) is 9.64. The molecule has 0 unspecified atom stereocenters. The SMILES string of the molecule is Cc1cc(Cl)cc(C(N)=O)c1. The van der Waals surface area contributed by atoms with Crippen LogP contribution in [0.25, 0.3) is 0 Å². The van der Waals surface area contributed by atoms with E-state index in [1.807, 2.05) is 6.92 Å². The monoisotopic (exact) mass is 169 g/mol. The highest BCUT2D eigenvalue weighted by Crippen LogP contribution is 2.13. The summed E-state index contributed by atoms with van der Waals surface area (Å²) in [5.41, 5.74) is 6.44. The van der Waals surface area contributed by atoms with Crippen molar-refractivity contribution >= 4 is 17.5 Å². The van der Waals surface area contributed by atoms with Crippen LogP contribution in [-0.4, -0.2) is 5.91 Å². The molecule has 0 atom stereocenters. The van der Waals surface area contributed by atoms with Crippen LogP contribution in [0.1, 0.15) is 15.9 Å². The maximum atomic E-state index is 10.7. The minimum Gasteiger partial charge on any atom is -0.366 e. The number of halogens is 1. The van der Waals surface area contributed by atoms with Crippen molar-refractivity contribution in [2.45, 2.75) is 6.92 Å². The highest BCUT2D eigenvalue weighted by Gasteiger charge is 2.01. The van der Waals surface area contributed by atoms with Crippen LogP contribution in [0.4, 0.5) is 0 Å². The average Bonchev–Trinajstić information content (AvgIpc) is 1.85. The summed E-state index contributed by atoms with van der Waals surface area (Å²) in [4.78, 5) is 10.7. The molecule has 3 heteroatoms. The van der Waals surface area contributed by atoms with Crippen molar-refractivity contribution in [1.29, 1.82) is 0 Å². The maximum Gasteiger partial charge on any atom is 0.248 e. The molecule has 1 aromatic carbocycles. The second-order valence-electron chi connectivity index (χ2n) is 2.38. The molecule has 0 saturated heterocycles. The summed E-state index contributed by atoms with van der Waals surface area (Å²) in [5.74, 6) is -0.449. The Hall–Kier alpha value is -1.02.